The zero-order valence-electron chi connectivity index (χ0n) is 19.6. The Balaban J connectivity index is 1.47. The van der Waals surface area contributed by atoms with E-state index < -0.39 is 10.0 Å². The van der Waals surface area contributed by atoms with Crippen LogP contribution >= 0.6 is 11.6 Å². The first kappa shape index (κ1) is 26.2. The number of carbonyl (C=O) groups is 1. The van der Waals surface area contributed by atoms with E-state index in [9.17, 15) is 13.2 Å². The SMILES string of the molecule is CC(C)C[CH]C(=O)NCCN1CCN(S(=O)(=O)c2ccc(OC3CCNCC3)c(Cl)c2)CC1. The van der Waals surface area contributed by atoms with E-state index in [4.69, 9.17) is 16.3 Å². The van der Waals surface area contributed by atoms with Gasteiger partial charge in [-0.1, -0.05) is 25.4 Å². The Morgan fingerprint density at radius 2 is 1.94 bits per heavy atom. The van der Waals surface area contributed by atoms with Crippen molar-refractivity contribution in [3.63, 3.8) is 0 Å². The Morgan fingerprint density at radius 3 is 2.58 bits per heavy atom. The standard InChI is InChI=1S/C23H36ClN4O4S/c1-18(2)3-6-23(29)26-11-12-27-13-15-28(16-14-27)33(30,31)20-4-5-22(21(24)17-20)32-19-7-9-25-10-8-19/h4-6,17-19,25H,3,7-16H2,1-2H3,(H,26,29). The lowest BCUT2D eigenvalue weighted by Gasteiger charge is -2.34. The number of halogens is 1. The molecule has 2 heterocycles. The second kappa shape index (κ2) is 12.4. The van der Waals surface area contributed by atoms with Crippen LogP contribution in [0.25, 0.3) is 0 Å². The summed E-state index contributed by atoms with van der Waals surface area (Å²) < 4.78 is 33.7. The lowest BCUT2D eigenvalue weighted by molar-refractivity contribution is -0.118. The molecule has 2 aliphatic heterocycles. The highest BCUT2D eigenvalue weighted by Gasteiger charge is 2.29. The van der Waals surface area contributed by atoms with Gasteiger partial charge in [-0.05, 0) is 56.5 Å². The Kier molecular flexibility index (Phi) is 9.81. The Morgan fingerprint density at radius 1 is 1.24 bits per heavy atom. The molecule has 185 valence electrons. The molecule has 2 N–H and O–H groups in total. The third kappa shape index (κ3) is 7.82. The summed E-state index contributed by atoms with van der Waals surface area (Å²) >= 11 is 6.37. The van der Waals surface area contributed by atoms with E-state index in [-0.39, 0.29) is 16.9 Å². The summed E-state index contributed by atoms with van der Waals surface area (Å²) in [6.07, 6.45) is 4.35. The van der Waals surface area contributed by atoms with Crippen LogP contribution in [0.2, 0.25) is 5.02 Å². The summed E-state index contributed by atoms with van der Waals surface area (Å²) in [5, 5.41) is 6.50. The number of carbonyl (C=O) groups excluding carboxylic acids is 1. The number of amides is 1. The van der Waals surface area contributed by atoms with E-state index in [1.165, 1.54) is 10.4 Å². The highest BCUT2D eigenvalue weighted by molar-refractivity contribution is 7.89. The fraction of sp³-hybridized carbons (Fsp3) is 0.652. The maximum Gasteiger partial charge on any atom is 0.243 e. The molecule has 2 saturated heterocycles. The van der Waals surface area contributed by atoms with Crippen molar-refractivity contribution >= 4 is 27.5 Å². The third-order valence-electron chi connectivity index (χ3n) is 5.95. The van der Waals surface area contributed by atoms with Crippen molar-refractivity contribution in [2.24, 2.45) is 5.92 Å². The minimum absolute atomic E-state index is 0.0469. The molecule has 0 unspecified atom stereocenters. The van der Waals surface area contributed by atoms with Crippen LogP contribution in [-0.2, 0) is 14.8 Å². The van der Waals surface area contributed by atoms with E-state index in [0.717, 1.165) is 32.4 Å². The normalized spacial score (nSPS) is 19.0. The molecule has 0 saturated carbocycles. The number of nitrogens with zero attached hydrogens (tertiary/aromatic N) is 2. The van der Waals surface area contributed by atoms with Gasteiger partial charge in [0.15, 0.2) is 0 Å². The molecule has 0 spiro atoms. The summed E-state index contributed by atoms with van der Waals surface area (Å²) in [6, 6.07) is 4.72. The molecule has 0 aliphatic carbocycles. The van der Waals surface area contributed by atoms with E-state index in [2.05, 4.69) is 29.4 Å². The molecule has 10 heteroatoms. The van der Waals surface area contributed by atoms with Crippen LogP contribution in [-0.4, -0.2) is 82.0 Å². The third-order valence-corrected chi connectivity index (χ3v) is 8.14. The molecule has 1 aromatic rings. The lowest BCUT2D eigenvalue weighted by atomic mass is 10.1. The smallest absolute Gasteiger partial charge is 0.243 e. The average molecular weight is 500 g/mol. The minimum atomic E-state index is -3.63. The molecule has 0 aromatic heterocycles. The van der Waals surface area contributed by atoms with Gasteiger partial charge in [-0.25, -0.2) is 8.42 Å². The van der Waals surface area contributed by atoms with E-state index in [1.807, 2.05) is 0 Å². The van der Waals surface area contributed by atoms with Gasteiger partial charge in [-0.2, -0.15) is 4.31 Å². The van der Waals surface area contributed by atoms with Crippen LogP contribution in [0.5, 0.6) is 5.75 Å². The van der Waals surface area contributed by atoms with E-state index in [0.29, 0.717) is 56.0 Å². The fourth-order valence-corrected chi connectivity index (χ4v) is 5.66. The number of benzene rings is 1. The number of piperidine rings is 1. The molecule has 0 bridgehead atoms. The number of hydrogen-bond acceptors (Lipinski definition) is 6. The number of hydrogen-bond donors (Lipinski definition) is 2. The largest absolute Gasteiger partial charge is 0.489 e. The highest BCUT2D eigenvalue weighted by atomic mass is 35.5. The van der Waals surface area contributed by atoms with Crippen LogP contribution in [0.1, 0.15) is 33.1 Å². The molecule has 8 nitrogen and oxygen atoms in total. The molecule has 1 radical (unpaired) electrons. The second-order valence-electron chi connectivity index (χ2n) is 9.03. The summed E-state index contributed by atoms with van der Waals surface area (Å²) in [4.78, 5) is 14.1. The number of ether oxygens (including phenoxy) is 1. The van der Waals surface area contributed by atoms with Crippen LogP contribution in [0.15, 0.2) is 23.1 Å². The Hall–Kier alpha value is -1.39. The molecular formula is C23H36ClN4O4S. The number of piperazine rings is 1. The average Bonchev–Trinajstić information content (AvgIpc) is 2.80. The first-order valence-corrected chi connectivity index (χ1v) is 13.6. The monoisotopic (exact) mass is 499 g/mol. The van der Waals surface area contributed by atoms with Crippen molar-refractivity contribution in [3.05, 3.63) is 29.6 Å². The van der Waals surface area contributed by atoms with Crippen molar-refractivity contribution in [2.75, 3.05) is 52.4 Å². The van der Waals surface area contributed by atoms with Gasteiger partial charge < -0.3 is 15.4 Å². The van der Waals surface area contributed by atoms with Gasteiger partial charge in [-0.3, -0.25) is 9.69 Å². The summed E-state index contributed by atoms with van der Waals surface area (Å²) in [5.41, 5.74) is 0. The van der Waals surface area contributed by atoms with Gasteiger partial charge in [0.1, 0.15) is 11.9 Å². The summed E-state index contributed by atoms with van der Waals surface area (Å²) in [7, 11) is -3.63. The topological polar surface area (TPSA) is 91.0 Å². The predicted octanol–water partition coefficient (Wildman–Crippen LogP) is 2.14. The van der Waals surface area contributed by atoms with Crippen molar-refractivity contribution in [1.82, 2.24) is 19.8 Å². The van der Waals surface area contributed by atoms with Crippen molar-refractivity contribution in [2.45, 2.75) is 44.1 Å². The Bertz CT molecular complexity index is 882. The predicted molar refractivity (Wildman–Crippen MR) is 130 cm³/mol. The Labute approximate surface area is 203 Å². The molecule has 33 heavy (non-hydrogen) atoms. The minimum Gasteiger partial charge on any atom is -0.489 e. The fourth-order valence-electron chi connectivity index (χ4n) is 3.93. The van der Waals surface area contributed by atoms with Crippen LogP contribution in [0.3, 0.4) is 0 Å². The highest BCUT2D eigenvalue weighted by Crippen LogP contribution is 2.30. The summed E-state index contributed by atoms with van der Waals surface area (Å²) in [6.45, 7) is 9.25. The molecule has 1 aromatic carbocycles. The second-order valence-corrected chi connectivity index (χ2v) is 11.4. The lowest BCUT2D eigenvalue weighted by Crippen LogP contribution is -2.50. The first-order chi connectivity index (χ1) is 15.8. The molecule has 0 atom stereocenters. The van der Waals surface area contributed by atoms with Crippen LogP contribution in [0.4, 0.5) is 0 Å². The van der Waals surface area contributed by atoms with Crippen molar-refractivity contribution in [1.29, 1.82) is 0 Å². The van der Waals surface area contributed by atoms with Gasteiger partial charge in [0.05, 0.1) is 9.92 Å². The van der Waals surface area contributed by atoms with Crippen molar-refractivity contribution in [3.8, 4) is 5.75 Å². The summed E-state index contributed by atoms with van der Waals surface area (Å²) in [5.74, 6) is 0.938. The molecule has 3 rings (SSSR count). The van der Waals surface area contributed by atoms with Crippen LogP contribution in [0, 0.1) is 12.3 Å². The number of rotatable bonds is 10. The van der Waals surface area contributed by atoms with Gasteiger partial charge in [0.2, 0.25) is 15.9 Å². The van der Waals surface area contributed by atoms with Gasteiger partial charge in [0.25, 0.3) is 0 Å². The zero-order valence-corrected chi connectivity index (χ0v) is 21.1. The van der Waals surface area contributed by atoms with Gasteiger partial charge in [-0.15, -0.1) is 0 Å². The van der Waals surface area contributed by atoms with Gasteiger partial charge in [0, 0.05) is 45.7 Å². The molecular weight excluding hydrogens is 464 g/mol. The number of nitrogens with one attached hydrogen (secondary N) is 2. The molecule has 2 fully saturated rings. The molecule has 2 aliphatic rings. The quantitative estimate of drug-likeness (QED) is 0.512. The molecule has 1 amide bonds. The van der Waals surface area contributed by atoms with Crippen LogP contribution < -0.4 is 15.4 Å². The van der Waals surface area contributed by atoms with E-state index >= 15 is 0 Å². The maximum atomic E-state index is 13.1. The van der Waals surface area contributed by atoms with Crippen molar-refractivity contribution < 1.29 is 17.9 Å². The van der Waals surface area contributed by atoms with Gasteiger partial charge >= 0.3 is 0 Å². The number of sulfonamides is 1. The van der Waals surface area contributed by atoms with E-state index in [1.54, 1.807) is 18.6 Å². The first-order valence-electron chi connectivity index (χ1n) is 11.8. The maximum absolute atomic E-state index is 13.1. The zero-order chi connectivity index (χ0) is 23.8.